The van der Waals surface area contributed by atoms with Crippen LogP contribution in [-0.4, -0.2) is 24.3 Å². The van der Waals surface area contributed by atoms with Gasteiger partial charge in [-0.2, -0.15) is 0 Å². The number of amides is 1. The van der Waals surface area contributed by atoms with Gasteiger partial charge in [0.1, 0.15) is 5.82 Å². The number of carbonyl (C=O) groups is 1. The number of sulfonamides is 1. The largest absolute Gasteiger partial charge is 0.326 e. The Bertz CT molecular complexity index is 1250. The summed E-state index contributed by atoms with van der Waals surface area (Å²) >= 11 is 0. The van der Waals surface area contributed by atoms with E-state index >= 15 is 0 Å². The summed E-state index contributed by atoms with van der Waals surface area (Å²) in [6, 6.07) is 12.6. The van der Waals surface area contributed by atoms with Crippen molar-refractivity contribution in [3.05, 3.63) is 70.1 Å². The van der Waals surface area contributed by atoms with Gasteiger partial charge in [-0.15, -0.1) is 0 Å². The lowest BCUT2D eigenvalue weighted by Crippen LogP contribution is -2.15. The van der Waals surface area contributed by atoms with Crippen molar-refractivity contribution in [1.29, 1.82) is 0 Å². The number of aromatic amines is 1. The molecular weight excluding hydrogens is 404 g/mol. The Morgan fingerprint density at radius 3 is 2.47 bits per heavy atom. The lowest BCUT2D eigenvalue weighted by Gasteiger charge is -2.11. The Hall–Kier alpha value is -3.46. The zero-order chi connectivity index (χ0) is 21.9. The second-order valence-corrected chi connectivity index (χ2v) is 8.42. The molecule has 3 aromatic rings. The summed E-state index contributed by atoms with van der Waals surface area (Å²) in [7, 11) is -3.87. The van der Waals surface area contributed by atoms with Gasteiger partial charge in [0.2, 0.25) is 5.91 Å². The fraction of sp³-hybridized carbons (Fsp3) is 0.190. The van der Waals surface area contributed by atoms with Gasteiger partial charge < -0.3 is 10.3 Å². The van der Waals surface area contributed by atoms with Crippen LogP contribution in [0, 0.1) is 6.92 Å². The van der Waals surface area contributed by atoms with Gasteiger partial charge in [-0.05, 0) is 55.8 Å². The highest BCUT2D eigenvalue weighted by Crippen LogP contribution is 2.23. The number of hydrogen-bond acceptors (Lipinski definition) is 5. The third kappa shape index (κ3) is 4.74. The predicted octanol–water partition coefficient (Wildman–Crippen LogP) is 3.07. The van der Waals surface area contributed by atoms with E-state index in [0.717, 1.165) is 5.56 Å². The fourth-order valence-corrected chi connectivity index (χ4v) is 3.95. The third-order valence-electron chi connectivity index (χ3n) is 4.45. The minimum Gasteiger partial charge on any atom is -0.326 e. The quantitative estimate of drug-likeness (QED) is 0.559. The molecule has 0 unspecified atom stereocenters. The molecule has 3 rings (SSSR count). The number of benzene rings is 1. The molecule has 2 aromatic heterocycles. The molecule has 0 radical (unpaired) electrons. The molecule has 2 heterocycles. The lowest BCUT2D eigenvalue weighted by molar-refractivity contribution is -0.114. The van der Waals surface area contributed by atoms with Crippen LogP contribution in [0.1, 0.15) is 25.1 Å². The molecule has 3 N–H and O–H groups in total. The molecule has 0 fully saturated rings. The zero-order valence-corrected chi connectivity index (χ0v) is 17.6. The van der Waals surface area contributed by atoms with E-state index in [0.29, 0.717) is 29.1 Å². The van der Waals surface area contributed by atoms with E-state index in [4.69, 9.17) is 0 Å². The fourth-order valence-electron chi connectivity index (χ4n) is 2.95. The molecule has 1 amide bonds. The monoisotopic (exact) mass is 426 g/mol. The molecule has 0 bridgehead atoms. The van der Waals surface area contributed by atoms with Gasteiger partial charge in [0, 0.05) is 29.4 Å². The van der Waals surface area contributed by atoms with Gasteiger partial charge in [0.25, 0.3) is 15.6 Å². The summed E-state index contributed by atoms with van der Waals surface area (Å²) in [5.41, 5.74) is 2.91. The molecule has 0 aliphatic heterocycles. The molecule has 1 aromatic carbocycles. The molecule has 30 heavy (non-hydrogen) atoms. The van der Waals surface area contributed by atoms with E-state index in [-0.39, 0.29) is 22.2 Å². The van der Waals surface area contributed by atoms with Crippen LogP contribution in [0.4, 0.5) is 11.5 Å². The molecule has 0 aliphatic carbocycles. The molecule has 8 nitrogen and oxygen atoms in total. The number of rotatable bonds is 6. The van der Waals surface area contributed by atoms with Crippen LogP contribution in [-0.2, 0) is 21.2 Å². The van der Waals surface area contributed by atoms with Crippen molar-refractivity contribution in [2.24, 2.45) is 0 Å². The predicted molar refractivity (Wildman–Crippen MR) is 116 cm³/mol. The Morgan fingerprint density at radius 1 is 1.13 bits per heavy atom. The average molecular weight is 426 g/mol. The Balaban J connectivity index is 1.90. The standard InChI is InChI=1S/C21H22N4O4S/c1-4-15-12-18(13(2)22-21(15)27)19-6-5-7-20(24-19)25-30(28,29)17-10-8-16(9-11-17)23-14(3)26/h5-12H,4H2,1-3H3,(H,22,27)(H,23,26)(H,24,25). The van der Waals surface area contributed by atoms with Crippen molar-refractivity contribution >= 4 is 27.4 Å². The van der Waals surface area contributed by atoms with E-state index in [1.807, 2.05) is 6.92 Å². The second-order valence-electron chi connectivity index (χ2n) is 6.74. The van der Waals surface area contributed by atoms with Gasteiger partial charge in [0.15, 0.2) is 0 Å². The Morgan fingerprint density at radius 2 is 1.83 bits per heavy atom. The van der Waals surface area contributed by atoms with Crippen molar-refractivity contribution in [3.8, 4) is 11.3 Å². The molecule has 9 heteroatoms. The van der Waals surface area contributed by atoms with Crippen molar-refractivity contribution < 1.29 is 13.2 Å². The van der Waals surface area contributed by atoms with Crippen LogP contribution < -0.4 is 15.6 Å². The normalized spacial score (nSPS) is 11.2. The van der Waals surface area contributed by atoms with Gasteiger partial charge in [-0.1, -0.05) is 13.0 Å². The van der Waals surface area contributed by atoms with Crippen LogP contribution in [0.3, 0.4) is 0 Å². The number of aromatic nitrogens is 2. The van der Waals surface area contributed by atoms with Crippen LogP contribution in [0.2, 0.25) is 0 Å². The summed E-state index contributed by atoms with van der Waals surface area (Å²) in [6.45, 7) is 5.03. The minimum absolute atomic E-state index is 0.0392. The number of nitrogens with zero attached hydrogens (tertiary/aromatic N) is 1. The Kier molecular flexibility index (Phi) is 6.02. The van der Waals surface area contributed by atoms with E-state index in [2.05, 4.69) is 20.0 Å². The van der Waals surface area contributed by atoms with E-state index < -0.39 is 10.0 Å². The highest BCUT2D eigenvalue weighted by molar-refractivity contribution is 7.92. The number of hydrogen-bond donors (Lipinski definition) is 3. The maximum absolute atomic E-state index is 12.7. The SMILES string of the molecule is CCc1cc(-c2cccc(NS(=O)(=O)c3ccc(NC(C)=O)cc3)n2)c(C)[nH]c1=O. The molecule has 0 aliphatic rings. The van der Waals surface area contributed by atoms with Gasteiger partial charge >= 0.3 is 0 Å². The molecule has 156 valence electrons. The lowest BCUT2D eigenvalue weighted by atomic mass is 10.1. The van der Waals surface area contributed by atoms with Crippen LogP contribution >= 0.6 is 0 Å². The van der Waals surface area contributed by atoms with E-state index in [9.17, 15) is 18.0 Å². The number of pyridine rings is 2. The van der Waals surface area contributed by atoms with E-state index in [1.54, 1.807) is 31.2 Å². The number of aryl methyl sites for hydroxylation is 2. The van der Waals surface area contributed by atoms with Crippen molar-refractivity contribution in [1.82, 2.24) is 9.97 Å². The van der Waals surface area contributed by atoms with Gasteiger partial charge in [-0.3, -0.25) is 14.3 Å². The summed E-state index contributed by atoms with van der Waals surface area (Å²) in [4.78, 5) is 30.3. The maximum atomic E-state index is 12.7. The Labute approximate surface area is 174 Å². The first-order chi connectivity index (χ1) is 14.2. The second kappa shape index (κ2) is 8.50. The number of anilines is 2. The first kappa shape index (κ1) is 21.3. The molecule has 0 atom stereocenters. The maximum Gasteiger partial charge on any atom is 0.263 e. The number of carbonyl (C=O) groups excluding carboxylic acids is 1. The summed E-state index contributed by atoms with van der Waals surface area (Å²) < 4.78 is 27.9. The van der Waals surface area contributed by atoms with E-state index in [1.165, 1.54) is 31.2 Å². The number of H-pyrrole nitrogens is 1. The minimum atomic E-state index is -3.87. The van der Waals surface area contributed by atoms with Crippen molar-refractivity contribution in [2.45, 2.75) is 32.1 Å². The van der Waals surface area contributed by atoms with Gasteiger partial charge in [0.05, 0.1) is 10.6 Å². The summed E-state index contributed by atoms with van der Waals surface area (Å²) in [5, 5.41) is 2.59. The highest BCUT2D eigenvalue weighted by atomic mass is 32.2. The highest BCUT2D eigenvalue weighted by Gasteiger charge is 2.16. The van der Waals surface area contributed by atoms with Crippen LogP contribution in [0.25, 0.3) is 11.3 Å². The third-order valence-corrected chi connectivity index (χ3v) is 5.82. The van der Waals surface area contributed by atoms with Crippen LogP contribution in [0.15, 0.2) is 58.2 Å². The summed E-state index contributed by atoms with van der Waals surface area (Å²) in [6.07, 6.45) is 0.573. The average Bonchev–Trinajstić information content (AvgIpc) is 2.68. The first-order valence-electron chi connectivity index (χ1n) is 9.30. The molecule has 0 spiro atoms. The van der Waals surface area contributed by atoms with Crippen molar-refractivity contribution in [2.75, 3.05) is 10.0 Å². The topological polar surface area (TPSA) is 121 Å². The molecule has 0 saturated heterocycles. The smallest absolute Gasteiger partial charge is 0.263 e. The van der Waals surface area contributed by atoms with Crippen molar-refractivity contribution in [3.63, 3.8) is 0 Å². The first-order valence-corrected chi connectivity index (χ1v) is 10.8. The summed E-state index contributed by atoms with van der Waals surface area (Å²) in [5.74, 6) is -0.0874. The zero-order valence-electron chi connectivity index (χ0n) is 16.8. The van der Waals surface area contributed by atoms with Crippen LogP contribution in [0.5, 0.6) is 0 Å². The number of nitrogens with one attached hydrogen (secondary N) is 3. The van der Waals surface area contributed by atoms with Gasteiger partial charge in [-0.25, -0.2) is 13.4 Å². The molecule has 0 saturated carbocycles. The molecular formula is C21H22N4O4S.